The summed E-state index contributed by atoms with van der Waals surface area (Å²) in [7, 11) is 1.61. The van der Waals surface area contributed by atoms with Gasteiger partial charge in [0.1, 0.15) is 5.75 Å². The van der Waals surface area contributed by atoms with Gasteiger partial charge >= 0.3 is 0 Å². The molecule has 0 bridgehead atoms. The van der Waals surface area contributed by atoms with Gasteiger partial charge in [0.05, 0.1) is 13.5 Å². The van der Waals surface area contributed by atoms with Crippen molar-refractivity contribution >= 4 is 11.6 Å². The second-order valence-corrected chi connectivity index (χ2v) is 5.77. The molecule has 0 heterocycles. The number of hydrogen-bond acceptors (Lipinski definition) is 2. The number of carbonyl (C=O) groups excluding carboxylic acids is 1. The molecule has 0 aliphatic heterocycles. The monoisotopic (exact) mass is 341 g/mol. The van der Waals surface area contributed by atoms with E-state index in [1.165, 1.54) is 0 Å². The highest BCUT2D eigenvalue weighted by Crippen LogP contribution is 2.15. The zero-order valence-electron chi connectivity index (χ0n) is 14.5. The largest absolute Gasteiger partial charge is 0.497 e. The molecule has 3 rings (SSSR count). The molecule has 0 unspecified atom stereocenters. The molecule has 0 atom stereocenters. The Labute approximate surface area is 153 Å². The Hall–Kier alpha value is -3.51. The van der Waals surface area contributed by atoms with E-state index in [0.29, 0.717) is 0 Å². The van der Waals surface area contributed by atoms with Crippen LogP contribution in [0, 0.1) is 11.8 Å². The van der Waals surface area contributed by atoms with Crippen molar-refractivity contribution in [2.75, 3.05) is 12.4 Å². The van der Waals surface area contributed by atoms with Crippen LogP contribution in [0.1, 0.15) is 16.7 Å². The molecular formula is C23H19NO2. The number of carbonyl (C=O) groups is 1. The molecule has 128 valence electrons. The quantitative estimate of drug-likeness (QED) is 0.720. The number of hydrogen-bond donors (Lipinski definition) is 1. The summed E-state index contributed by atoms with van der Waals surface area (Å²) in [5, 5.41) is 2.92. The molecule has 1 amide bonds. The molecule has 0 saturated carbocycles. The van der Waals surface area contributed by atoms with Gasteiger partial charge < -0.3 is 10.1 Å². The average molecular weight is 341 g/mol. The van der Waals surface area contributed by atoms with Crippen molar-refractivity contribution < 1.29 is 9.53 Å². The van der Waals surface area contributed by atoms with Crippen LogP contribution >= 0.6 is 0 Å². The third kappa shape index (κ3) is 4.99. The second-order valence-electron chi connectivity index (χ2n) is 5.77. The minimum Gasteiger partial charge on any atom is -0.497 e. The van der Waals surface area contributed by atoms with Crippen LogP contribution in [0.15, 0.2) is 78.9 Å². The molecular weight excluding hydrogens is 322 g/mol. The second kappa shape index (κ2) is 8.55. The highest BCUT2D eigenvalue weighted by molar-refractivity contribution is 5.92. The first-order valence-corrected chi connectivity index (χ1v) is 8.33. The Morgan fingerprint density at radius 1 is 0.885 bits per heavy atom. The van der Waals surface area contributed by atoms with Crippen molar-refractivity contribution in [1.82, 2.24) is 0 Å². The average Bonchev–Trinajstić information content (AvgIpc) is 2.67. The lowest BCUT2D eigenvalue weighted by Gasteiger charge is -2.07. The van der Waals surface area contributed by atoms with Crippen molar-refractivity contribution in [3.05, 3.63) is 95.6 Å². The molecule has 1 N–H and O–H groups in total. The Bertz CT molecular complexity index is 952. The van der Waals surface area contributed by atoms with Crippen LogP contribution in [0.25, 0.3) is 0 Å². The molecule has 0 saturated heterocycles. The standard InChI is InChI=1S/C23H19NO2/c1-26-22-12-6-10-20(16-22)17-23(25)24-21-11-5-9-19(15-21)14-13-18-7-3-2-4-8-18/h2-12,15-16H,17H2,1H3,(H,24,25). The van der Waals surface area contributed by atoms with E-state index in [9.17, 15) is 4.79 Å². The van der Waals surface area contributed by atoms with E-state index >= 15 is 0 Å². The summed E-state index contributed by atoms with van der Waals surface area (Å²) in [5.41, 5.74) is 3.45. The number of nitrogens with one attached hydrogen (secondary N) is 1. The number of anilines is 1. The fourth-order valence-corrected chi connectivity index (χ4v) is 2.51. The number of rotatable bonds is 4. The first-order chi connectivity index (χ1) is 12.7. The van der Waals surface area contributed by atoms with Gasteiger partial charge in [-0.25, -0.2) is 0 Å². The zero-order chi connectivity index (χ0) is 18.2. The molecule has 3 nitrogen and oxygen atoms in total. The van der Waals surface area contributed by atoms with Crippen molar-refractivity contribution in [3.8, 4) is 17.6 Å². The Morgan fingerprint density at radius 2 is 1.62 bits per heavy atom. The fraction of sp³-hybridized carbons (Fsp3) is 0.0870. The van der Waals surface area contributed by atoms with Crippen molar-refractivity contribution in [2.45, 2.75) is 6.42 Å². The van der Waals surface area contributed by atoms with Gasteiger partial charge in [-0.1, -0.05) is 48.2 Å². The van der Waals surface area contributed by atoms with E-state index in [-0.39, 0.29) is 12.3 Å². The summed E-state index contributed by atoms with van der Waals surface area (Å²) in [6, 6.07) is 24.9. The minimum absolute atomic E-state index is 0.0774. The van der Waals surface area contributed by atoms with Crippen LogP contribution in [0.4, 0.5) is 5.69 Å². The van der Waals surface area contributed by atoms with E-state index in [0.717, 1.165) is 28.1 Å². The first kappa shape index (κ1) is 17.3. The normalized spacial score (nSPS) is 9.73. The van der Waals surface area contributed by atoms with Gasteiger partial charge in [-0.15, -0.1) is 0 Å². The number of amides is 1. The van der Waals surface area contributed by atoms with Gasteiger partial charge in [0.15, 0.2) is 0 Å². The maximum atomic E-state index is 12.3. The molecule has 0 aliphatic rings. The van der Waals surface area contributed by atoms with Gasteiger partial charge in [-0.05, 0) is 48.0 Å². The summed E-state index contributed by atoms with van der Waals surface area (Å²) < 4.78 is 5.19. The number of benzene rings is 3. The van der Waals surface area contributed by atoms with Crippen LogP contribution in [0.5, 0.6) is 5.75 Å². The zero-order valence-corrected chi connectivity index (χ0v) is 14.5. The molecule has 0 spiro atoms. The lowest BCUT2D eigenvalue weighted by atomic mass is 10.1. The first-order valence-electron chi connectivity index (χ1n) is 8.33. The van der Waals surface area contributed by atoms with Crippen molar-refractivity contribution in [2.24, 2.45) is 0 Å². The Kier molecular flexibility index (Phi) is 5.69. The minimum atomic E-state index is -0.0774. The van der Waals surface area contributed by atoms with Crippen molar-refractivity contribution in [3.63, 3.8) is 0 Å². The van der Waals surface area contributed by atoms with Gasteiger partial charge in [-0.3, -0.25) is 4.79 Å². The third-order valence-electron chi connectivity index (χ3n) is 3.77. The molecule has 0 fully saturated rings. The van der Waals surface area contributed by atoms with E-state index in [4.69, 9.17) is 4.74 Å². The molecule has 3 heteroatoms. The molecule has 0 radical (unpaired) electrons. The predicted molar refractivity (Wildman–Crippen MR) is 104 cm³/mol. The van der Waals surface area contributed by atoms with Crippen LogP contribution in [0.3, 0.4) is 0 Å². The number of methoxy groups -OCH3 is 1. The van der Waals surface area contributed by atoms with E-state index in [2.05, 4.69) is 17.2 Å². The maximum absolute atomic E-state index is 12.3. The molecule has 3 aromatic rings. The van der Waals surface area contributed by atoms with E-state index < -0.39 is 0 Å². The Morgan fingerprint density at radius 3 is 2.42 bits per heavy atom. The number of ether oxygens (including phenoxy) is 1. The van der Waals surface area contributed by atoms with Gasteiger partial charge in [-0.2, -0.15) is 0 Å². The molecule has 3 aromatic carbocycles. The fourth-order valence-electron chi connectivity index (χ4n) is 2.51. The summed E-state index contributed by atoms with van der Waals surface area (Å²) in [4.78, 5) is 12.3. The third-order valence-corrected chi connectivity index (χ3v) is 3.77. The molecule has 26 heavy (non-hydrogen) atoms. The van der Waals surface area contributed by atoms with Gasteiger partial charge in [0.2, 0.25) is 5.91 Å². The van der Waals surface area contributed by atoms with Crippen LogP contribution in [-0.2, 0) is 11.2 Å². The summed E-state index contributed by atoms with van der Waals surface area (Å²) in [5.74, 6) is 6.91. The predicted octanol–water partition coefficient (Wildman–Crippen LogP) is 4.28. The lowest BCUT2D eigenvalue weighted by Crippen LogP contribution is -2.14. The van der Waals surface area contributed by atoms with Gasteiger partial charge in [0, 0.05) is 16.8 Å². The van der Waals surface area contributed by atoms with Crippen LogP contribution in [0.2, 0.25) is 0 Å². The summed E-state index contributed by atoms with van der Waals surface area (Å²) in [6.45, 7) is 0. The van der Waals surface area contributed by atoms with Gasteiger partial charge in [0.25, 0.3) is 0 Å². The van der Waals surface area contributed by atoms with Crippen LogP contribution in [-0.4, -0.2) is 13.0 Å². The topological polar surface area (TPSA) is 38.3 Å². The van der Waals surface area contributed by atoms with Crippen LogP contribution < -0.4 is 10.1 Å². The highest BCUT2D eigenvalue weighted by atomic mass is 16.5. The maximum Gasteiger partial charge on any atom is 0.228 e. The smallest absolute Gasteiger partial charge is 0.228 e. The highest BCUT2D eigenvalue weighted by Gasteiger charge is 2.05. The summed E-state index contributed by atoms with van der Waals surface area (Å²) >= 11 is 0. The van der Waals surface area contributed by atoms with E-state index in [1.54, 1.807) is 7.11 Å². The summed E-state index contributed by atoms with van der Waals surface area (Å²) in [6.07, 6.45) is 0.289. The van der Waals surface area contributed by atoms with E-state index in [1.807, 2.05) is 78.9 Å². The SMILES string of the molecule is COc1cccc(CC(=O)Nc2cccc(C#Cc3ccccc3)c2)c1. The Balaban J connectivity index is 1.66. The molecule has 0 aliphatic carbocycles. The van der Waals surface area contributed by atoms with Crippen molar-refractivity contribution in [1.29, 1.82) is 0 Å². The lowest BCUT2D eigenvalue weighted by molar-refractivity contribution is -0.115. The molecule has 0 aromatic heterocycles.